The average Bonchev–Trinajstić information content (AvgIpc) is 2.70. The van der Waals surface area contributed by atoms with Gasteiger partial charge in [-0.25, -0.2) is 0 Å². The highest BCUT2D eigenvalue weighted by atomic mass is 16.5. The SMILES string of the molecule is CCCNC(CC(C)CCC)C1(OC)CCCCCC1. The number of hydrogen-bond acceptors (Lipinski definition) is 2. The third kappa shape index (κ3) is 5.37. The molecule has 120 valence electrons. The lowest BCUT2D eigenvalue weighted by molar-refractivity contribution is -0.0580. The van der Waals surface area contributed by atoms with Crippen LogP contribution in [0.5, 0.6) is 0 Å². The minimum atomic E-state index is 0.0909. The summed E-state index contributed by atoms with van der Waals surface area (Å²) in [5.74, 6) is 0.796. The highest BCUT2D eigenvalue weighted by Crippen LogP contribution is 2.35. The van der Waals surface area contributed by atoms with Crippen molar-refractivity contribution in [2.75, 3.05) is 13.7 Å². The van der Waals surface area contributed by atoms with E-state index in [2.05, 4.69) is 26.1 Å². The van der Waals surface area contributed by atoms with Crippen LogP contribution in [0.3, 0.4) is 0 Å². The van der Waals surface area contributed by atoms with E-state index >= 15 is 0 Å². The highest BCUT2D eigenvalue weighted by molar-refractivity contribution is 4.95. The molecule has 1 rings (SSSR count). The summed E-state index contributed by atoms with van der Waals surface area (Å²) in [5.41, 5.74) is 0.0909. The maximum absolute atomic E-state index is 6.13. The van der Waals surface area contributed by atoms with E-state index in [1.165, 1.54) is 64.2 Å². The zero-order chi connectivity index (χ0) is 14.8. The summed E-state index contributed by atoms with van der Waals surface area (Å²) in [7, 11) is 1.94. The second-order valence-electron chi connectivity index (χ2n) is 6.82. The van der Waals surface area contributed by atoms with Crippen LogP contribution in [0.2, 0.25) is 0 Å². The van der Waals surface area contributed by atoms with Gasteiger partial charge in [0.15, 0.2) is 0 Å². The Morgan fingerprint density at radius 3 is 2.20 bits per heavy atom. The Morgan fingerprint density at radius 1 is 1.05 bits per heavy atom. The fourth-order valence-electron chi connectivity index (χ4n) is 3.84. The highest BCUT2D eigenvalue weighted by Gasteiger charge is 2.39. The average molecular weight is 284 g/mol. The standard InChI is InChI=1S/C18H37NO/c1-5-11-16(3)15-17(19-14-6-2)18(20-4)12-9-7-8-10-13-18/h16-17,19H,5-15H2,1-4H3. The summed E-state index contributed by atoms with van der Waals surface area (Å²) in [6.07, 6.45) is 13.0. The summed E-state index contributed by atoms with van der Waals surface area (Å²) in [6, 6.07) is 0.534. The van der Waals surface area contributed by atoms with E-state index in [1.807, 2.05) is 7.11 Å². The van der Waals surface area contributed by atoms with Gasteiger partial charge in [-0.1, -0.05) is 59.3 Å². The summed E-state index contributed by atoms with van der Waals surface area (Å²) in [4.78, 5) is 0. The number of ether oxygens (including phenoxy) is 1. The molecule has 0 aromatic heterocycles. The van der Waals surface area contributed by atoms with Crippen LogP contribution in [0, 0.1) is 5.92 Å². The van der Waals surface area contributed by atoms with Gasteiger partial charge in [-0.15, -0.1) is 0 Å². The molecule has 1 N–H and O–H groups in total. The molecular weight excluding hydrogens is 246 g/mol. The Morgan fingerprint density at radius 2 is 1.70 bits per heavy atom. The molecule has 2 unspecified atom stereocenters. The number of rotatable bonds is 9. The van der Waals surface area contributed by atoms with Gasteiger partial charge in [-0.05, 0) is 38.1 Å². The minimum Gasteiger partial charge on any atom is -0.377 e. The number of nitrogens with one attached hydrogen (secondary N) is 1. The monoisotopic (exact) mass is 283 g/mol. The first-order valence-corrected chi connectivity index (χ1v) is 8.97. The zero-order valence-corrected chi connectivity index (χ0v) is 14.3. The van der Waals surface area contributed by atoms with E-state index in [0.717, 1.165) is 12.5 Å². The molecule has 0 aliphatic heterocycles. The molecular formula is C18H37NO. The predicted octanol–water partition coefficient (Wildman–Crippen LogP) is 4.92. The van der Waals surface area contributed by atoms with Crippen LogP contribution in [0.4, 0.5) is 0 Å². The maximum atomic E-state index is 6.13. The molecule has 0 aromatic rings. The largest absolute Gasteiger partial charge is 0.377 e. The Kier molecular flexibility index (Phi) is 8.79. The van der Waals surface area contributed by atoms with Gasteiger partial charge < -0.3 is 10.1 Å². The zero-order valence-electron chi connectivity index (χ0n) is 14.3. The van der Waals surface area contributed by atoms with Gasteiger partial charge in [0.05, 0.1) is 5.60 Å². The van der Waals surface area contributed by atoms with Crippen LogP contribution in [0.1, 0.15) is 85.0 Å². The first-order valence-electron chi connectivity index (χ1n) is 8.97. The summed E-state index contributed by atoms with van der Waals surface area (Å²) >= 11 is 0. The number of hydrogen-bond donors (Lipinski definition) is 1. The van der Waals surface area contributed by atoms with Crippen LogP contribution in [-0.2, 0) is 4.74 Å². The van der Waals surface area contributed by atoms with Crippen LogP contribution in [-0.4, -0.2) is 25.3 Å². The molecule has 0 bridgehead atoms. The van der Waals surface area contributed by atoms with Gasteiger partial charge in [0.2, 0.25) is 0 Å². The van der Waals surface area contributed by atoms with E-state index < -0.39 is 0 Å². The molecule has 2 heteroatoms. The van der Waals surface area contributed by atoms with Crippen LogP contribution >= 0.6 is 0 Å². The normalized spacial score (nSPS) is 22.2. The van der Waals surface area contributed by atoms with Crippen molar-refractivity contribution in [2.45, 2.75) is 96.6 Å². The van der Waals surface area contributed by atoms with Crippen molar-refractivity contribution in [2.24, 2.45) is 5.92 Å². The van der Waals surface area contributed by atoms with E-state index in [-0.39, 0.29) is 5.60 Å². The molecule has 1 saturated carbocycles. The lowest BCUT2D eigenvalue weighted by Gasteiger charge is -2.41. The van der Waals surface area contributed by atoms with E-state index in [9.17, 15) is 0 Å². The van der Waals surface area contributed by atoms with E-state index in [0.29, 0.717) is 6.04 Å². The Bertz CT molecular complexity index is 234. The molecule has 1 aliphatic carbocycles. The van der Waals surface area contributed by atoms with Crippen molar-refractivity contribution in [3.8, 4) is 0 Å². The lowest BCUT2D eigenvalue weighted by atomic mass is 9.80. The molecule has 0 amide bonds. The van der Waals surface area contributed by atoms with Crippen molar-refractivity contribution in [1.29, 1.82) is 0 Å². The van der Waals surface area contributed by atoms with Crippen LogP contribution < -0.4 is 5.32 Å². The lowest BCUT2D eigenvalue weighted by Crippen LogP contribution is -2.52. The maximum Gasteiger partial charge on any atom is 0.0831 e. The van der Waals surface area contributed by atoms with Crippen molar-refractivity contribution in [3.63, 3.8) is 0 Å². The van der Waals surface area contributed by atoms with Crippen molar-refractivity contribution >= 4 is 0 Å². The molecule has 2 atom stereocenters. The van der Waals surface area contributed by atoms with E-state index in [4.69, 9.17) is 4.74 Å². The first kappa shape index (κ1) is 18.0. The molecule has 0 spiro atoms. The topological polar surface area (TPSA) is 21.3 Å². The molecule has 2 nitrogen and oxygen atoms in total. The van der Waals surface area contributed by atoms with Crippen LogP contribution in [0.25, 0.3) is 0 Å². The van der Waals surface area contributed by atoms with Gasteiger partial charge in [0.25, 0.3) is 0 Å². The number of methoxy groups -OCH3 is 1. The third-order valence-corrected chi connectivity index (χ3v) is 5.05. The molecule has 1 fully saturated rings. The summed E-state index contributed by atoms with van der Waals surface area (Å²) < 4.78 is 6.13. The van der Waals surface area contributed by atoms with E-state index in [1.54, 1.807) is 0 Å². The summed E-state index contributed by atoms with van der Waals surface area (Å²) in [6.45, 7) is 8.08. The van der Waals surface area contributed by atoms with Gasteiger partial charge in [0.1, 0.15) is 0 Å². The molecule has 0 aromatic carbocycles. The fraction of sp³-hybridized carbons (Fsp3) is 1.00. The van der Waals surface area contributed by atoms with Gasteiger partial charge in [-0.3, -0.25) is 0 Å². The fourth-order valence-corrected chi connectivity index (χ4v) is 3.84. The molecule has 0 saturated heterocycles. The minimum absolute atomic E-state index is 0.0909. The first-order chi connectivity index (χ1) is 9.68. The van der Waals surface area contributed by atoms with Crippen molar-refractivity contribution in [3.05, 3.63) is 0 Å². The second-order valence-corrected chi connectivity index (χ2v) is 6.82. The van der Waals surface area contributed by atoms with Gasteiger partial charge >= 0.3 is 0 Å². The molecule has 1 aliphatic rings. The van der Waals surface area contributed by atoms with Crippen LogP contribution in [0.15, 0.2) is 0 Å². The van der Waals surface area contributed by atoms with Gasteiger partial charge in [-0.2, -0.15) is 0 Å². The predicted molar refractivity (Wildman–Crippen MR) is 88.2 cm³/mol. The van der Waals surface area contributed by atoms with Crippen molar-refractivity contribution < 1.29 is 4.74 Å². The second kappa shape index (κ2) is 9.78. The quantitative estimate of drug-likeness (QED) is 0.606. The van der Waals surface area contributed by atoms with Gasteiger partial charge in [0, 0.05) is 13.2 Å². The Balaban J connectivity index is 2.75. The molecule has 0 radical (unpaired) electrons. The Labute approximate surface area is 127 Å². The molecule has 20 heavy (non-hydrogen) atoms. The smallest absolute Gasteiger partial charge is 0.0831 e. The molecule has 0 heterocycles. The van der Waals surface area contributed by atoms with Crippen molar-refractivity contribution in [1.82, 2.24) is 5.32 Å². The Hall–Kier alpha value is -0.0800. The third-order valence-electron chi connectivity index (χ3n) is 5.05. The summed E-state index contributed by atoms with van der Waals surface area (Å²) in [5, 5.41) is 3.82.